The highest BCUT2D eigenvalue weighted by atomic mass is 16.2. The fourth-order valence-electron chi connectivity index (χ4n) is 3.78. The van der Waals surface area contributed by atoms with Gasteiger partial charge in [0.15, 0.2) is 0 Å². The summed E-state index contributed by atoms with van der Waals surface area (Å²) in [5, 5.41) is 11.7. The van der Waals surface area contributed by atoms with E-state index in [1.165, 1.54) is 24.8 Å². The largest absolute Gasteiger partial charge is 0.354 e. The number of hydrazine groups is 1. The second-order valence-electron chi connectivity index (χ2n) is 7.08. The zero-order valence-electron chi connectivity index (χ0n) is 14.9. The normalized spacial score (nSPS) is 22.6. The van der Waals surface area contributed by atoms with Gasteiger partial charge in [0.25, 0.3) is 0 Å². The van der Waals surface area contributed by atoms with Crippen LogP contribution in [0.4, 0.5) is 0 Å². The maximum absolute atomic E-state index is 12.4. The Morgan fingerprint density at radius 2 is 2.04 bits per heavy atom. The molecule has 0 spiro atoms. The van der Waals surface area contributed by atoms with E-state index >= 15 is 0 Å². The Labute approximate surface area is 153 Å². The second kappa shape index (κ2) is 7.97. The van der Waals surface area contributed by atoms with Crippen molar-refractivity contribution in [3.63, 3.8) is 0 Å². The molecule has 0 saturated carbocycles. The quantitative estimate of drug-likeness (QED) is 0.753. The molecule has 26 heavy (non-hydrogen) atoms. The number of aromatic nitrogens is 3. The first-order valence-corrected chi connectivity index (χ1v) is 9.56. The summed E-state index contributed by atoms with van der Waals surface area (Å²) in [6.07, 6.45) is 6.11. The molecule has 1 saturated heterocycles. The van der Waals surface area contributed by atoms with Gasteiger partial charge in [-0.2, -0.15) is 0 Å². The van der Waals surface area contributed by atoms with E-state index in [-0.39, 0.29) is 18.0 Å². The Morgan fingerprint density at radius 1 is 1.15 bits per heavy atom. The van der Waals surface area contributed by atoms with Crippen molar-refractivity contribution in [2.45, 2.75) is 57.2 Å². The summed E-state index contributed by atoms with van der Waals surface area (Å²) < 4.78 is 2.24. The van der Waals surface area contributed by atoms with Gasteiger partial charge in [0.05, 0.1) is 0 Å². The molecule has 1 fully saturated rings. The molecule has 2 atom stereocenters. The van der Waals surface area contributed by atoms with Crippen LogP contribution in [-0.2, 0) is 24.2 Å². The van der Waals surface area contributed by atoms with E-state index < -0.39 is 0 Å². The van der Waals surface area contributed by atoms with E-state index in [9.17, 15) is 4.79 Å². The molecule has 2 aliphatic heterocycles. The number of nitrogens with one attached hydrogen (secondary N) is 3. The van der Waals surface area contributed by atoms with E-state index in [4.69, 9.17) is 0 Å². The number of hydrogen-bond acceptors (Lipinski definition) is 5. The SMILES string of the molecule is O=C(NCCc1nnc2n1CCCCC2)C1CC(c2ccccc2)NN1. The summed E-state index contributed by atoms with van der Waals surface area (Å²) in [6.45, 7) is 1.59. The third-order valence-corrected chi connectivity index (χ3v) is 5.26. The number of carbonyl (C=O) groups is 1. The number of rotatable bonds is 5. The summed E-state index contributed by atoms with van der Waals surface area (Å²) in [5.74, 6) is 2.12. The molecule has 7 heteroatoms. The summed E-state index contributed by atoms with van der Waals surface area (Å²) in [4.78, 5) is 12.4. The lowest BCUT2D eigenvalue weighted by molar-refractivity contribution is -0.122. The third-order valence-electron chi connectivity index (χ3n) is 5.26. The van der Waals surface area contributed by atoms with Crippen LogP contribution in [0, 0.1) is 0 Å². The van der Waals surface area contributed by atoms with Crippen LogP contribution in [0.5, 0.6) is 0 Å². The summed E-state index contributed by atoms with van der Waals surface area (Å²) in [5.41, 5.74) is 7.53. The number of amides is 1. The van der Waals surface area contributed by atoms with E-state index in [0.29, 0.717) is 6.54 Å². The molecule has 0 radical (unpaired) electrons. The Morgan fingerprint density at radius 3 is 2.92 bits per heavy atom. The lowest BCUT2D eigenvalue weighted by Crippen LogP contribution is -2.43. The van der Waals surface area contributed by atoms with Crippen LogP contribution in [-0.4, -0.2) is 33.3 Å². The maximum Gasteiger partial charge on any atom is 0.238 e. The van der Waals surface area contributed by atoms with Crippen LogP contribution in [0.25, 0.3) is 0 Å². The van der Waals surface area contributed by atoms with Crippen molar-refractivity contribution in [3.8, 4) is 0 Å². The molecule has 2 aromatic rings. The number of hydrogen-bond donors (Lipinski definition) is 3. The number of fused-ring (bicyclic) bond motifs is 1. The number of carbonyl (C=O) groups excluding carboxylic acids is 1. The Hall–Kier alpha value is -2.25. The average molecular weight is 354 g/mol. The molecule has 138 valence electrons. The monoisotopic (exact) mass is 354 g/mol. The smallest absolute Gasteiger partial charge is 0.238 e. The molecule has 1 aromatic heterocycles. The second-order valence-corrected chi connectivity index (χ2v) is 7.08. The van der Waals surface area contributed by atoms with E-state index in [0.717, 1.165) is 37.5 Å². The molecule has 2 aliphatic rings. The van der Waals surface area contributed by atoms with Gasteiger partial charge in [0.2, 0.25) is 5.91 Å². The van der Waals surface area contributed by atoms with Crippen molar-refractivity contribution in [2.24, 2.45) is 0 Å². The minimum Gasteiger partial charge on any atom is -0.354 e. The predicted octanol–water partition coefficient (Wildman–Crippen LogP) is 1.27. The Bertz CT molecular complexity index is 744. The van der Waals surface area contributed by atoms with Gasteiger partial charge in [-0.1, -0.05) is 36.8 Å². The number of aryl methyl sites for hydroxylation is 1. The molecule has 0 bridgehead atoms. The molecule has 3 heterocycles. The van der Waals surface area contributed by atoms with E-state index in [1.807, 2.05) is 18.2 Å². The van der Waals surface area contributed by atoms with Crippen LogP contribution >= 0.6 is 0 Å². The molecular formula is C19H26N6O. The van der Waals surface area contributed by atoms with Crippen LogP contribution < -0.4 is 16.2 Å². The Kier molecular flexibility index (Phi) is 5.26. The lowest BCUT2D eigenvalue weighted by atomic mass is 10.0. The van der Waals surface area contributed by atoms with Crippen molar-refractivity contribution in [1.29, 1.82) is 0 Å². The van der Waals surface area contributed by atoms with E-state index in [1.54, 1.807) is 0 Å². The van der Waals surface area contributed by atoms with Crippen molar-refractivity contribution < 1.29 is 4.79 Å². The highest BCUT2D eigenvalue weighted by Crippen LogP contribution is 2.21. The molecule has 3 N–H and O–H groups in total. The minimum absolute atomic E-state index is 0.0338. The van der Waals surface area contributed by atoms with Gasteiger partial charge in [0, 0.05) is 32.0 Å². The lowest BCUT2D eigenvalue weighted by Gasteiger charge is -2.11. The van der Waals surface area contributed by atoms with Gasteiger partial charge >= 0.3 is 0 Å². The fourth-order valence-corrected chi connectivity index (χ4v) is 3.78. The van der Waals surface area contributed by atoms with Crippen LogP contribution in [0.15, 0.2) is 30.3 Å². The van der Waals surface area contributed by atoms with Gasteiger partial charge in [-0.25, -0.2) is 10.9 Å². The standard InChI is InChI=1S/C19H26N6O/c26-19(16-13-15(21-22-16)14-7-3-1-4-8-14)20-11-10-18-24-23-17-9-5-2-6-12-25(17)18/h1,3-4,7-8,15-16,21-22H,2,5-6,9-13H2,(H,20,26). The zero-order valence-corrected chi connectivity index (χ0v) is 14.9. The summed E-state index contributed by atoms with van der Waals surface area (Å²) >= 11 is 0. The molecule has 2 unspecified atom stereocenters. The van der Waals surface area contributed by atoms with Crippen LogP contribution in [0.1, 0.15) is 48.9 Å². The van der Waals surface area contributed by atoms with Gasteiger partial charge in [-0.3, -0.25) is 4.79 Å². The van der Waals surface area contributed by atoms with Gasteiger partial charge in [-0.05, 0) is 24.8 Å². The number of benzene rings is 1. The average Bonchev–Trinajstić information content (AvgIpc) is 3.24. The third kappa shape index (κ3) is 3.78. The van der Waals surface area contributed by atoms with Crippen molar-refractivity contribution in [2.75, 3.05) is 6.54 Å². The molecule has 7 nitrogen and oxygen atoms in total. The zero-order chi connectivity index (χ0) is 17.8. The first-order valence-electron chi connectivity index (χ1n) is 9.56. The first kappa shape index (κ1) is 17.2. The first-order chi connectivity index (χ1) is 12.8. The van der Waals surface area contributed by atoms with Crippen LogP contribution in [0.3, 0.4) is 0 Å². The predicted molar refractivity (Wildman–Crippen MR) is 98.2 cm³/mol. The highest BCUT2D eigenvalue weighted by molar-refractivity contribution is 5.82. The minimum atomic E-state index is -0.212. The summed E-state index contributed by atoms with van der Waals surface area (Å²) in [7, 11) is 0. The molecule has 4 rings (SSSR count). The van der Waals surface area contributed by atoms with Crippen molar-refractivity contribution in [3.05, 3.63) is 47.5 Å². The fraction of sp³-hybridized carbons (Fsp3) is 0.526. The van der Waals surface area contributed by atoms with Crippen molar-refractivity contribution >= 4 is 5.91 Å². The van der Waals surface area contributed by atoms with Crippen LogP contribution in [0.2, 0.25) is 0 Å². The highest BCUT2D eigenvalue weighted by Gasteiger charge is 2.29. The molecule has 0 aliphatic carbocycles. The maximum atomic E-state index is 12.4. The molecule has 1 aromatic carbocycles. The summed E-state index contributed by atoms with van der Waals surface area (Å²) in [6, 6.07) is 10.2. The van der Waals surface area contributed by atoms with Crippen molar-refractivity contribution in [1.82, 2.24) is 30.9 Å². The van der Waals surface area contributed by atoms with E-state index in [2.05, 4.69) is 43.1 Å². The van der Waals surface area contributed by atoms with Gasteiger partial charge in [-0.15, -0.1) is 10.2 Å². The van der Waals surface area contributed by atoms with Gasteiger partial charge in [0.1, 0.15) is 17.7 Å². The molecular weight excluding hydrogens is 328 g/mol. The molecule has 1 amide bonds. The van der Waals surface area contributed by atoms with Gasteiger partial charge < -0.3 is 9.88 Å². The number of nitrogens with zero attached hydrogens (tertiary/aromatic N) is 3. The Balaban J connectivity index is 1.27. The topological polar surface area (TPSA) is 83.9 Å².